The first-order valence-corrected chi connectivity index (χ1v) is 9.91. The number of amides is 2. The minimum Gasteiger partial charge on any atom is -0.493 e. The van der Waals surface area contributed by atoms with Gasteiger partial charge in [-0.25, -0.2) is 4.39 Å². The molecule has 2 amide bonds. The Morgan fingerprint density at radius 2 is 1.59 bits per heavy atom. The average molecular weight is 432 g/mol. The number of hydrogen-bond acceptors (Lipinski definition) is 5. The van der Waals surface area contributed by atoms with Crippen LogP contribution in [0.4, 0.5) is 10.1 Å². The van der Waals surface area contributed by atoms with E-state index in [0.717, 1.165) is 4.90 Å². The average Bonchev–Trinajstić information content (AvgIpc) is 3.03. The zero-order chi connectivity index (χ0) is 22.7. The molecule has 0 radical (unpaired) electrons. The van der Waals surface area contributed by atoms with Crippen LogP contribution in [0.1, 0.15) is 11.1 Å². The molecule has 0 saturated heterocycles. The smallest absolute Gasteiger partial charge is 0.278 e. The molecule has 0 unspecified atom stereocenters. The van der Waals surface area contributed by atoms with Crippen LogP contribution in [-0.2, 0) is 16.1 Å². The summed E-state index contributed by atoms with van der Waals surface area (Å²) in [5, 5.41) is 2.95. The van der Waals surface area contributed by atoms with Crippen molar-refractivity contribution < 1.29 is 23.5 Å². The Morgan fingerprint density at radius 3 is 2.28 bits per heavy atom. The molecule has 0 saturated carbocycles. The Kier molecular flexibility index (Phi) is 5.89. The molecular formula is C25H21FN2O4. The van der Waals surface area contributed by atoms with E-state index in [-0.39, 0.29) is 17.8 Å². The highest BCUT2D eigenvalue weighted by Gasteiger charge is 2.39. The van der Waals surface area contributed by atoms with Crippen molar-refractivity contribution in [2.75, 3.05) is 19.5 Å². The Balaban J connectivity index is 1.70. The summed E-state index contributed by atoms with van der Waals surface area (Å²) in [7, 11) is 3.05. The third-order valence-corrected chi connectivity index (χ3v) is 5.11. The van der Waals surface area contributed by atoms with Gasteiger partial charge in [-0.05, 0) is 41.5 Å². The predicted octanol–water partition coefficient (Wildman–Crippen LogP) is 4.24. The second-order valence-corrected chi connectivity index (χ2v) is 7.14. The summed E-state index contributed by atoms with van der Waals surface area (Å²) >= 11 is 0. The minimum absolute atomic E-state index is 0.0443. The highest BCUT2D eigenvalue weighted by atomic mass is 19.1. The lowest BCUT2D eigenvalue weighted by Crippen LogP contribution is -2.32. The second-order valence-electron chi connectivity index (χ2n) is 7.14. The normalized spacial score (nSPS) is 13.5. The molecule has 0 bridgehead atoms. The highest BCUT2D eigenvalue weighted by molar-refractivity contribution is 6.36. The number of halogens is 1. The van der Waals surface area contributed by atoms with Crippen LogP contribution in [0, 0.1) is 5.82 Å². The van der Waals surface area contributed by atoms with Gasteiger partial charge in [-0.2, -0.15) is 0 Å². The second kappa shape index (κ2) is 8.93. The predicted molar refractivity (Wildman–Crippen MR) is 118 cm³/mol. The largest absolute Gasteiger partial charge is 0.493 e. The van der Waals surface area contributed by atoms with E-state index in [9.17, 15) is 14.0 Å². The molecule has 1 aliphatic rings. The van der Waals surface area contributed by atoms with Gasteiger partial charge in [0.05, 0.1) is 26.3 Å². The lowest BCUT2D eigenvalue weighted by molar-refractivity contribution is -0.137. The van der Waals surface area contributed by atoms with Gasteiger partial charge in [-0.15, -0.1) is 0 Å². The number of nitrogens with zero attached hydrogens (tertiary/aromatic N) is 1. The summed E-state index contributed by atoms with van der Waals surface area (Å²) in [4.78, 5) is 27.8. The molecule has 1 heterocycles. The first-order chi connectivity index (χ1) is 15.5. The number of imide groups is 1. The number of ether oxygens (including phenoxy) is 2. The van der Waals surface area contributed by atoms with Crippen LogP contribution in [0.3, 0.4) is 0 Å². The van der Waals surface area contributed by atoms with Gasteiger partial charge in [-0.3, -0.25) is 14.5 Å². The number of hydrogen-bond donors (Lipinski definition) is 1. The van der Waals surface area contributed by atoms with E-state index in [1.807, 2.05) is 6.07 Å². The van der Waals surface area contributed by atoms with Crippen molar-refractivity contribution >= 4 is 23.1 Å². The molecule has 3 aromatic rings. The Morgan fingerprint density at radius 1 is 0.844 bits per heavy atom. The molecule has 0 aromatic heterocycles. The molecule has 4 rings (SSSR count). The summed E-state index contributed by atoms with van der Waals surface area (Å²) in [5.74, 6) is -0.330. The van der Waals surface area contributed by atoms with Crippen molar-refractivity contribution in [2.45, 2.75) is 6.54 Å². The molecule has 0 fully saturated rings. The maximum atomic E-state index is 13.7. The first kappa shape index (κ1) is 21.1. The lowest BCUT2D eigenvalue weighted by Gasteiger charge is -2.17. The van der Waals surface area contributed by atoms with E-state index < -0.39 is 17.6 Å². The number of rotatable bonds is 7. The number of nitrogens with one attached hydrogen (secondary N) is 1. The zero-order valence-electron chi connectivity index (χ0n) is 17.6. The molecule has 0 spiro atoms. The lowest BCUT2D eigenvalue weighted by atomic mass is 10.0. The summed E-state index contributed by atoms with van der Waals surface area (Å²) in [6, 6.07) is 19.9. The molecule has 162 valence electrons. The van der Waals surface area contributed by atoms with Gasteiger partial charge in [0.25, 0.3) is 11.8 Å². The topological polar surface area (TPSA) is 67.9 Å². The number of methoxy groups -OCH3 is 2. The van der Waals surface area contributed by atoms with E-state index in [2.05, 4.69) is 5.32 Å². The van der Waals surface area contributed by atoms with E-state index in [1.54, 1.807) is 48.5 Å². The molecular weight excluding hydrogens is 411 g/mol. The van der Waals surface area contributed by atoms with Crippen LogP contribution in [0.2, 0.25) is 0 Å². The SMILES string of the molecule is COc1ccc(CN2C(=O)C(Nc3cccc(F)c3)=C(c3ccccc3)C2=O)cc1OC. The molecule has 0 aliphatic carbocycles. The van der Waals surface area contributed by atoms with Crippen LogP contribution in [0.25, 0.3) is 5.57 Å². The van der Waals surface area contributed by atoms with E-state index in [1.165, 1.54) is 32.4 Å². The van der Waals surface area contributed by atoms with Crippen molar-refractivity contribution in [3.05, 3.63) is 95.4 Å². The molecule has 3 aromatic carbocycles. The standard InChI is InChI=1S/C25H21FN2O4/c1-31-20-12-11-16(13-21(20)32-2)15-28-24(29)22(17-7-4-3-5-8-17)23(25(28)30)27-19-10-6-9-18(26)14-19/h3-14,27H,15H2,1-2H3. The van der Waals surface area contributed by atoms with Crippen molar-refractivity contribution in [3.8, 4) is 11.5 Å². The Hall–Kier alpha value is -4.13. The van der Waals surface area contributed by atoms with Gasteiger partial charge in [0.15, 0.2) is 11.5 Å². The van der Waals surface area contributed by atoms with Crippen LogP contribution < -0.4 is 14.8 Å². The van der Waals surface area contributed by atoms with Crippen LogP contribution in [0.5, 0.6) is 11.5 Å². The summed E-state index contributed by atoms with van der Waals surface area (Å²) in [6.45, 7) is 0.0443. The molecule has 6 nitrogen and oxygen atoms in total. The third-order valence-electron chi connectivity index (χ3n) is 5.11. The third kappa shape index (κ3) is 4.05. The van der Waals surface area contributed by atoms with Crippen molar-refractivity contribution in [1.29, 1.82) is 0 Å². The molecule has 32 heavy (non-hydrogen) atoms. The molecule has 1 N–H and O–H groups in total. The molecule has 0 atom stereocenters. The quantitative estimate of drug-likeness (QED) is 0.566. The monoisotopic (exact) mass is 432 g/mol. The van der Waals surface area contributed by atoms with Crippen molar-refractivity contribution in [3.63, 3.8) is 0 Å². The Labute approximate surface area is 184 Å². The maximum absolute atomic E-state index is 13.7. The summed E-state index contributed by atoms with van der Waals surface area (Å²) in [5.41, 5.74) is 2.01. The highest BCUT2D eigenvalue weighted by Crippen LogP contribution is 2.33. The van der Waals surface area contributed by atoms with E-state index >= 15 is 0 Å². The number of anilines is 1. The number of benzene rings is 3. The first-order valence-electron chi connectivity index (χ1n) is 9.91. The van der Waals surface area contributed by atoms with Crippen LogP contribution >= 0.6 is 0 Å². The number of carbonyl (C=O) groups excluding carboxylic acids is 2. The van der Waals surface area contributed by atoms with E-state index in [4.69, 9.17) is 9.47 Å². The van der Waals surface area contributed by atoms with E-state index in [0.29, 0.717) is 28.3 Å². The van der Waals surface area contributed by atoms with Crippen molar-refractivity contribution in [1.82, 2.24) is 4.90 Å². The minimum atomic E-state index is -0.493. The van der Waals surface area contributed by atoms with Gasteiger partial charge >= 0.3 is 0 Å². The zero-order valence-corrected chi connectivity index (χ0v) is 17.6. The van der Waals surface area contributed by atoms with Crippen molar-refractivity contribution in [2.24, 2.45) is 0 Å². The van der Waals surface area contributed by atoms with Gasteiger partial charge in [0, 0.05) is 5.69 Å². The van der Waals surface area contributed by atoms with Gasteiger partial charge in [0.1, 0.15) is 11.5 Å². The van der Waals surface area contributed by atoms with Gasteiger partial charge < -0.3 is 14.8 Å². The fourth-order valence-corrected chi connectivity index (χ4v) is 3.58. The molecule has 7 heteroatoms. The van der Waals surface area contributed by atoms with Crippen LogP contribution in [-0.4, -0.2) is 30.9 Å². The fraction of sp³-hybridized carbons (Fsp3) is 0.120. The van der Waals surface area contributed by atoms with Gasteiger partial charge in [-0.1, -0.05) is 42.5 Å². The Bertz CT molecular complexity index is 1210. The summed E-state index contributed by atoms with van der Waals surface area (Å²) < 4.78 is 24.3. The maximum Gasteiger partial charge on any atom is 0.278 e. The van der Waals surface area contributed by atoms with Gasteiger partial charge in [0.2, 0.25) is 0 Å². The fourth-order valence-electron chi connectivity index (χ4n) is 3.58. The molecule has 1 aliphatic heterocycles. The van der Waals surface area contributed by atoms with Crippen LogP contribution in [0.15, 0.2) is 78.5 Å². The summed E-state index contributed by atoms with van der Waals surface area (Å²) in [6.07, 6.45) is 0. The number of carbonyl (C=O) groups is 2.